The average Bonchev–Trinajstić information content (AvgIpc) is 3.48. The summed E-state index contributed by atoms with van der Waals surface area (Å²) in [5, 5.41) is 21.0. The van der Waals surface area contributed by atoms with Crippen molar-refractivity contribution in [2.24, 2.45) is 0 Å². The zero-order chi connectivity index (χ0) is 24.1. The van der Waals surface area contributed by atoms with E-state index >= 15 is 0 Å². The molecular weight excluding hydrogens is 453 g/mol. The molecule has 0 spiro atoms. The molecule has 2 fully saturated rings. The summed E-state index contributed by atoms with van der Waals surface area (Å²) in [5.41, 5.74) is 2.78. The zero-order valence-corrected chi connectivity index (χ0v) is 19.2. The highest BCUT2D eigenvalue weighted by molar-refractivity contribution is 6.01. The maximum Gasteiger partial charge on any atom is 0.257 e. The molecule has 6 rings (SSSR count). The van der Waals surface area contributed by atoms with Crippen molar-refractivity contribution < 1.29 is 19.0 Å². The molecule has 3 N–H and O–H groups in total. The van der Waals surface area contributed by atoms with Crippen molar-refractivity contribution in [3.63, 3.8) is 0 Å². The van der Waals surface area contributed by atoms with Gasteiger partial charge in [0.1, 0.15) is 23.2 Å². The number of rotatable bonds is 5. The summed E-state index contributed by atoms with van der Waals surface area (Å²) in [4.78, 5) is 22.3. The standard InChI is InChI=1S/C24H26FN7O3/c1-26-21-9-18(29-23-14(10-28-32(21)23)24(34)30-17-4-5-20(17)33)15-11-31(19-6-8-35-12-16(19)25)22-13(15)3-2-7-27-22/h2-3,7,9-11,16-17,19-20,26,33H,4-6,8,12H2,1H3,(H,30,34)/t16-,17+,19-,20-/m1/s1. The number of hydrogen-bond acceptors (Lipinski definition) is 7. The van der Waals surface area contributed by atoms with Crippen molar-refractivity contribution in [3.8, 4) is 11.3 Å². The van der Waals surface area contributed by atoms with Crippen LogP contribution in [-0.4, -0.2) is 73.7 Å². The first-order valence-electron chi connectivity index (χ1n) is 11.8. The normalized spacial score (nSPS) is 24.4. The molecule has 0 radical (unpaired) electrons. The van der Waals surface area contributed by atoms with E-state index < -0.39 is 12.3 Å². The number of ether oxygens (including phenoxy) is 1. The topological polar surface area (TPSA) is 119 Å². The summed E-state index contributed by atoms with van der Waals surface area (Å²) >= 11 is 0. The van der Waals surface area contributed by atoms with E-state index in [-0.39, 0.29) is 24.6 Å². The molecule has 4 atom stereocenters. The number of aliphatic hydroxyl groups is 1. The van der Waals surface area contributed by atoms with Gasteiger partial charge in [-0.25, -0.2) is 14.4 Å². The second-order valence-corrected chi connectivity index (χ2v) is 9.07. The first-order chi connectivity index (χ1) is 17.0. The summed E-state index contributed by atoms with van der Waals surface area (Å²) in [6.07, 6.45) is 5.36. The van der Waals surface area contributed by atoms with Crippen LogP contribution >= 0.6 is 0 Å². The van der Waals surface area contributed by atoms with Crippen LogP contribution in [0.1, 0.15) is 35.7 Å². The number of carbonyl (C=O) groups is 1. The Hall–Kier alpha value is -3.57. The Morgan fingerprint density at radius 1 is 1.29 bits per heavy atom. The molecule has 11 heteroatoms. The third-order valence-corrected chi connectivity index (χ3v) is 7.00. The summed E-state index contributed by atoms with van der Waals surface area (Å²) in [6, 6.07) is 4.98. The van der Waals surface area contributed by atoms with Gasteiger partial charge in [-0.1, -0.05) is 0 Å². The van der Waals surface area contributed by atoms with Crippen molar-refractivity contribution in [2.75, 3.05) is 25.6 Å². The van der Waals surface area contributed by atoms with Gasteiger partial charge < -0.3 is 25.0 Å². The first-order valence-corrected chi connectivity index (χ1v) is 11.8. The van der Waals surface area contributed by atoms with E-state index in [2.05, 4.69) is 20.7 Å². The van der Waals surface area contributed by atoms with Crippen molar-refractivity contribution >= 4 is 28.4 Å². The number of halogens is 1. The summed E-state index contributed by atoms with van der Waals surface area (Å²) in [7, 11) is 1.77. The lowest BCUT2D eigenvalue weighted by atomic mass is 9.89. The Labute approximate surface area is 200 Å². The number of aromatic nitrogens is 5. The maximum atomic E-state index is 14.8. The molecule has 35 heavy (non-hydrogen) atoms. The minimum Gasteiger partial charge on any atom is -0.391 e. The lowest BCUT2D eigenvalue weighted by molar-refractivity contribution is 0.00443. The van der Waals surface area contributed by atoms with Crippen LogP contribution in [-0.2, 0) is 4.74 Å². The second-order valence-electron chi connectivity index (χ2n) is 9.07. The fourth-order valence-corrected chi connectivity index (χ4v) is 4.88. The molecule has 0 unspecified atom stereocenters. The third kappa shape index (κ3) is 3.62. The van der Waals surface area contributed by atoms with E-state index in [4.69, 9.17) is 9.72 Å². The first kappa shape index (κ1) is 21.9. The largest absolute Gasteiger partial charge is 0.391 e. The molecular formula is C24H26FN7O3. The lowest BCUT2D eigenvalue weighted by Crippen LogP contribution is -2.50. The number of fused-ring (bicyclic) bond motifs is 2. The summed E-state index contributed by atoms with van der Waals surface area (Å²) in [6.45, 7) is 0.551. The van der Waals surface area contributed by atoms with Gasteiger partial charge in [-0.2, -0.15) is 9.61 Å². The van der Waals surface area contributed by atoms with Gasteiger partial charge in [-0.05, 0) is 31.4 Å². The van der Waals surface area contributed by atoms with E-state index in [0.29, 0.717) is 47.8 Å². The number of anilines is 1. The molecule has 2 aliphatic rings. The number of aliphatic hydroxyl groups excluding tert-OH is 1. The third-order valence-electron chi connectivity index (χ3n) is 7.00. The van der Waals surface area contributed by atoms with Crippen molar-refractivity contribution in [2.45, 2.75) is 43.6 Å². The van der Waals surface area contributed by atoms with Crippen LogP contribution in [0.2, 0.25) is 0 Å². The summed E-state index contributed by atoms with van der Waals surface area (Å²) in [5.74, 6) is 0.314. The minimum absolute atomic E-state index is 0.0601. The number of amides is 1. The van der Waals surface area contributed by atoms with Crippen LogP contribution in [0.25, 0.3) is 27.9 Å². The lowest BCUT2D eigenvalue weighted by Gasteiger charge is -2.32. The number of hydrogen-bond donors (Lipinski definition) is 3. The van der Waals surface area contributed by atoms with Gasteiger partial charge in [0.25, 0.3) is 5.91 Å². The van der Waals surface area contributed by atoms with E-state index in [1.54, 1.807) is 17.8 Å². The van der Waals surface area contributed by atoms with E-state index in [9.17, 15) is 14.3 Å². The highest BCUT2D eigenvalue weighted by atomic mass is 19.1. The molecule has 10 nitrogen and oxygen atoms in total. The van der Waals surface area contributed by atoms with Crippen LogP contribution in [0.15, 0.2) is 36.8 Å². The van der Waals surface area contributed by atoms with Crippen LogP contribution in [0.5, 0.6) is 0 Å². The van der Waals surface area contributed by atoms with Gasteiger partial charge in [0, 0.05) is 43.1 Å². The van der Waals surface area contributed by atoms with E-state index in [1.807, 2.05) is 29.0 Å². The molecule has 4 aromatic heterocycles. The predicted molar refractivity (Wildman–Crippen MR) is 127 cm³/mol. The van der Waals surface area contributed by atoms with Crippen LogP contribution in [0.4, 0.5) is 10.2 Å². The molecule has 5 heterocycles. The second kappa shape index (κ2) is 8.58. The van der Waals surface area contributed by atoms with Crippen LogP contribution in [0.3, 0.4) is 0 Å². The molecule has 182 valence electrons. The molecule has 1 amide bonds. The SMILES string of the molecule is CNc1cc(-c2cn([C@@H]3CCOC[C@H]3F)c3ncccc23)nc2c(C(=O)N[C@H]3CC[C@H]3O)cnn12. The van der Waals surface area contributed by atoms with Gasteiger partial charge in [0.2, 0.25) is 0 Å². The highest BCUT2D eigenvalue weighted by Crippen LogP contribution is 2.35. The van der Waals surface area contributed by atoms with Gasteiger partial charge >= 0.3 is 0 Å². The number of nitrogens with zero attached hydrogens (tertiary/aromatic N) is 5. The zero-order valence-electron chi connectivity index (χ0n) is 19.2. The van der Waals surface area contributed by atoms with E-state index in [1.165, 1.54) is 6.20 Å². The molecule has 1 saturated heterocycles. The van der Waals surface area contributed by atoms with Gasteiger partial charge in [-0.15, -0.1) is 0 Å². The smallest absolute Gasteiger partial charge is 0.257 e. The fourth-order valence-electron chi connectivity index (χ4n) is 4.88. The molecule has 1 aliphatic heterocycles. The Kier molecular flexibility index (Phi) is 5.37. The Morgan fingerprint density at radius 2 is 2.17 bits per heavy atom. The quantitative estimate of drug-likeness (QED) is 0.402. The number of carbonyl (C=O) groups excluding carboxylic acids is 1. The Balaban J connectivity index is 1.47. The minimum atomic E-state index is -1.13. The molecule has 0 aromatic carbocycles. The summed E-state index contributed by atoms with van der Waals surface area (Å²) < 4.78 is 23.5. The molecule has 1 aliphatic carbocycles. The highest BCUT2D eigenvalue weighted by Gasteiger charge is 2.32. The Morgan fingerprint density at radius 3 is 2.91 bits per heavy atom. The van der Waals surface area contributed by atoms with Crippen molar-refractivity contribution in [1.29, 1.82) is 0 Å². The van der Waals surface area contributed by atoms with Crippen molar-refractivity contribution in [3.05, 3.63) is 42.4 Å². The molecule has 0 bridgehead atoms. The number of nitrogens with one attached hydrogen (secondary N) is 2. The molecule has 1 saturated carbocycles. The van der Waals surface area contributed by atoms with Crippen LogP contribution < -0.4 is 10.6 Å². The van der Waals surface area contributed by atoms with Gasteiger partial charge in [0.15, 0.2) is 5.65 Å². The average molecular weight is 480 g/mol. The predicted octanol–water partition coefficient (Wildman–Crippen LogP) is 2.34. The number of alkyl halides is 1. The monoisotopic (exact) mass is 479 g/mol. The molecule has 4 aromatic rings. The maximum absolute atomic E-state index is 14.8. The van der Waals surface area contributed by atoms with Crippen LogP contribution in [0, 0.1) is 0 Å². The van der Waals surface area contributed by atoms with Gasteiger partial charge in [0.05, 0.1) is 36.7 Å². The fraction of sp³-hybridized carbons (Fsp3) is 0.417. The Bertz CT molecular complexity index is 1420. The van der Waals surface area contributed by atoms with Crippen molar-refractivity contribution in [1.82, 2.24) is 29.5 Å². The van der Waals surface area contributed by atoms with Gasteiger partial charge in [-0.3, -0.25) is 4.79 Å². The van der Waals surface area contributed by atoms with E-state index in [0.717, 1.165) is 17.4 Å². The number of pyridine rings is 1.